The molecule has 3 rings (SSSR count). The summed E-state index contributed by atoms with van der Waals surface area (Å²) in [5, 5.41) is 0. The summed E-state index contributed by atoms with van der Waals surface area (Å²) < 4.78 is 0. The molecule has 1 aromatic rings. The van der Waals surface area contributed by atoms with Gasteiger partial charge in [0.1, 0.15) is 0 Å². The minimum Gasteiger partial charge on any atom is -0.371 e. The van der Waals surface area contributed by atoms with Crippen molar-refractivity contribution in [2.45, 2.75) is 45.4 Å². The minimum atomic E-state index is 0.177. The normalized spacial score (nSPS) is 19.5. The van der Waals surface area contributed by atoms with Gasteiger partial charge in [0.2, 0.25) is 0 Å². The number of ketones is 1. The highest BCUT2D eigenvalue weighted by Crippen LogP contribution is 2.32. The largest absolute Gasteiger partial charge is 0.371 e. The molecule has 1 aliphatic carbocycles. The van der Waals surface area contributed by atoms with Crippen molar-refractivity contribution < 1.29 is 4.79 Å². The Kier molecular flexibility index (Phi) is 3.58. The molecule has 1 aromatic carbocycles. The molecule has 0 amide bonds. The van der Waals surface area contributed by atoms with Gasteiger partial charge in [-0.15, -0.1) is 0 Å². The number of carbonyl (C=O) groups excluding carboxylic acids is 1. The number of Topliss-reactive ketones (excluding diaryl/α,β-unsaturated/α-hetero) is 1. The molecule has 0 aromatic heterocycles. The number of hydrogen-bond acceptors (Lipinski definition) is 2. The van der Waals surface area contributed by atoms with Gasteiger partial charge < -0.3 is 4.90 Å². The van der Waals surface area contributed by atoms with E-state index in [0.29, 0.717) is 0 Å². The first-order valence-electron chi connectivity index (χ1n) is 7.63. The van der Waals surface area contributed by atoms with Crippen LogP contribution >= 0.6 is 0 Å². The summed E-state index contributed by atoms with van der Waals surface area (Å²) in [4.78, 5) is 14.0. The average molecular weight is 257 g/mol. The molecule has 1 aliphatic heterocycles. The Bertz CT molecular complexity index is 474. The maximum Gasteiger partial charge on any atom is 0.159 e. The topological polar surface area (TPSA) is 20.3 Å². The second kappa shape index (κ2) is 5.36. The van der Waals surface area contributed by atoms with Crippen molar-refractivity contribution >= 4 is 11.5 Å². The predicted octanol–water partition coefficient (Wildman–Crippen LogP) is 3.83. The summed E-state index contributed by atoms with van der Waals surface area (Å²) in [6, 6.07) is 6.27. The summed E-state index contributed by atoms with van der Waals surface area (Å²) in [5.74, 6) is 1.06. The lowest BCUT2D eigenvalue weighted by Gasteiger charge is -2.33. The maximum absolute atomic E-state index is 11.5. The van der Waals surface area contributed by atoms with Crippen molar-refractivity contribution in [3.05, 3.63) is 29.3 Å². The molecule has 1 saturated carbocycles. The Balaban J connectivity index is 1.81. The lowest BCUT2D eigenvalue weighted by Crippen LogP contribution is -2.33. The zero-order chi connectivity index (χ0) is 13.2. The Hall–Kier alpha value is -1.31. The quantitative estimate of drug-likeness (QED) is 0.767. The predicted molar refractivity (Wildman–Crippen MR) is 78.9 cm³/mol. The van der Waals surface area contributed by atoms with E-state index in [1.165, 1.54) is 56.4 Å². The first-order valence-corrected chi connectivity index (χ1v) is 7.63. The van der Waals surface area contributed by atoms with Crippen molar-refractivity contribution in [3.63, 3.8) is 0 Å². The van der Waals surface area contributed by atoms with Gasteiger partial charge >= 0.3 is 0 Å². The molecule has 2 nitrogen and oxygen atoms in total. The molecule has 1 fully saturated rings. The fraction of sp³-hybridized carbons (Fsp3) is 0.588. The van der Waals surface area contributed by atoms with Gasteiger partial charge in [-0.05, 0) is 62.3 Å². The molecule has 19 heavy (non-hydrogen) atoms. The molecular weight excluding hydrogens is 234 g/mol. The fourth-order valence-corrected chi connectivity index (χ4v) is 3.59. The Morgan fingerprint density at radius 2 is 2.05 bits per heavy atom. The van der Waals surface area contributed by atoms with Gasteiger partial charge in [-0.3, -0.25) is 4.79 Å². The molecule has 0 N–H and O–H groups in total. The molecular formula is C17H23NO. The zero-order valence-corrected chi connectivity index (χ0v) is 11.8. The van der Waals surface area contributed by atoms with Crippen molar-refractivity contribution in [2.75, 3.05) is 18.0 Å². The van der Waals surface area contributed by atoms with Crippen molar-refractivity contribution in [3.8, 4) is 0 Å². The van der Waals surface area contributed by atoms with Crippen LogP contribution in [0.3, 0.4) is 0 Å². The summed E-state index contributed by atoms with van der Waals surface area (Å²) in [5.41, 5.74) is 3.61. The summed E-state index contributed by atoms with van der Waals surface area (Å²) in [7, 11) is 0. The Morgan fingerprint density at radius 3 is 2.79 bits per heavy atom. The highest BCUT2D eigenvalue weighted by Gasteiger charge is 2.22. The van der Waals surface area contributed by atoms with Crippen molar-refractivity contribution in [1.82, 2.24) is 0 Å². The molecule has 2 heteroatoms. The van der Waals surface area contributed by atoms with E-state index < -0.39 is 0 Å². The first kappa shape index (κ1) is 12.7. The van der Waals surface area contributed by atoms with Gasteiger partial charge in [0.15, 0.2) is 5.78 Å². The number of aryl methyl sites for hydroxylation is 1. The summed E-state index contributed by atoms with van der Waals surface area (Å²) >= 11 is 0. The number of anilines is 1. The lowest BCUT2D eigenvalue weighted by atomic mass is 9.96. The van der Waals surface area contributed by atoms with Crippen LogP contribution in [0.2, 0.25) is 0 Å². The van der Waals surface area contributed by atoms with Gasteiger partial charge in [-0.1, -0.05) is 12.8 Å². The second-order valence-electron chi connectivity index (χ2n) is 6.10. The van der Waals surface area contributed by atoms with Crippen LogP contribution in [0, 0.1) is 5.92 Å². The number of rotatable bonds is 3. The number of carbonyl (C=O) groups is 1. The monoisotopic (exact) mass is 257 g/mol. The van der Waals surface area contributed by atoms with Crippen LogP contribution < -0.4 is 4.90 Å². The van der Waals surface area contributed by atoms with Crippen LogP contribution in [0.4, 0.5) is 5.69 Å². The van der Waals surface area contributed by atoms with Crippen LogP contribution in [0.15, 0.2) is 18.2 Å². The third-order valence-electron chi connectivity index (χ3n) is 4.65. The maximum atomic E-state index is 11.5. The molecule has 0 radical (unpaired) electrons. The molecule has 0 unspecified atom stereocenters. The van der Waals surface area contributed by atoms with E-state index in [4.69, 9.17) is 0 Å². The molecule has 0 bridgehead atoms. The molecule has 102 valence electrons. The lowest BCUT2D eigenvalue weighted by molar-refractivity contribution is 0.101. The molecule has 2 aliphatic rings. The fourth-order valence-electron chi connectivity index (χ4n) is 3.59. The van der Waals surface area contributed by atoms with E-state index >= 15 is 0 Å². The van der Waals surface area contributed by atoms with Gasteiger partial charge in [-0.25, -0.2) is 0 Å². The standard InChI is InChI=1S/C17H23NO/c1-13(19)15-8-9-17-16(11-15)7-4-10-18(17)12-14-5-2-3-6-14/h8-9,11,14H,2-7,10,12H2,1H3. The second-order valence-corrected chi connectivity index (χ2v) is 6.10. The third kappa shape index (κ3) is 2.68. The number of benzene rings is 1. The smallest absolute Gasteiger partial charge is 0.159 e. The summed E-state index contributed by atoms with van der Waals surface area (Å²) in [6.07, 6.45) is 7.97. The van der Waals surface area contributed by atoms with Crippen molar-refractivity contribution in [2.24, 2.45) is 5.92 Å². The molecule has 0 atom stereocenters. The van der Waals surface area contributed by atoms with Gasteiger partial charge in [0.05, 0.1) is 0 Å². The first-order chi connectivity index (χ1) is 9.24. The molecule has 1 heterocycles. The van der Waals surface area contributed by atoms with Gasteiger partial charge in [0, 0.05) is 24.3 Å². The molecule has 0 spiro atoms. The van der Waals surface area contributed by atoms with Crippen LogP contribution in [0.5, 0.6) is 0 Å². The average Bonchev–Trinajstić information content (AvgIpc) is 2.91. The SMILES string of the molecule is CC(=O)c1ccc2c(c1)CCCN2CC1CCCC1. The van der Waals surface area contributed by atoms with Crippen LogP contribution in [-0.4, -0.2) is 18.9 Å². The van der Waals surface area contributed by atoms with E-state index in [1.807, 2.05) is 6.07 Å². The van der Waals surface area contributed by atoms with E-state index in [2.05, 4.69) is 17.0 Å². The Morgan fingerprint density at radius 1 is 1.26 bits per heavy atom. The van der Waals surface area contributed by atoms with Crippen LogP contribution in [0.25, 0.3) is 0 Å². The zero-order valence-electron chi connectivity index (χ0n) is 11.8. The minimum absolute atomic E-state index is 0.177. The van der Waals surface area contributed by atoms with Crippen molar-refractivity contribution in [1.29, 1.82) is 0 Å². The number of hydrogen-bond donors (Lipinski definition) is 0. The van der Waals surface area contributed by atoms with Crippen LogP contribution in [-0.2, 0) is 6.42 Å². The summed E-state index contributed by atoms with van der Waals surface area (Å²) in [6.45, 7) is 4.05. The van der Waals surface area contributed by atoms with Gasteiger partial charge in [-0.2, -0.15) is 0 Å². The highest BCUT2D eigenvalue weighted by atomic mass is 16.1. The van der Waals surface area contributed by atoms with E-state index in [-0.39, 0.29) is 5.78 Å². The van der Waals surface area contributed by atoms with E-state index in [1.54, 1.807) is 6.92 Å². The van der Waals surface area contributed by atoms with E-state index in [0.717, 1.165) is 17.9 Å². The molecule has 0 saturated heterocycles. The van der Waals surface area contributed by atoms with E-state index in [9.17, 15) is 4.79 Å². The third-order valence-corrected chi connectivity index (χ3v) is 4.65. The Labute approximate surface area is 115 Å². The highest BCUT2D eigenvalue weighted by molar-refractivity contribution is 5.94. The number of fused-ring (bicyclic) bond motifs is 1. The van der Waals surface area contributed by atoms with Gasteiger partial charge in [0.25, 0.3) is 0 Å². The number of nitrogens with zero attached hydrogens (tertiary/aromatic N) is 1. The van der Waals surface area contributed by atoms with Crippen LogP contribution in [0.1, 0.15) is 54.9 Å².